The van der Waals surface area contributed by atoms with Gasteiger partial charge in [0, 0.05) is 11.7 Å². The number of hydrogen-bond acceptors (Lipinski definition) is 3. The number of nitrogens with two attached hydrogens (primary N) is 1. The molecule has 3 N–H and O–H groups in total. The summed E-state index contributed by atoms with van der Waals surface area (Å²) in [5.74, 6) is -0.583. The van der Waals surface area contributed by atoms with Crippen LogP contribution in [0.3, 0.4) is 0 Å². The fraction of sp³-hybridized carbons (Fsp3) is 0.462. The van der Waals surface area contributed by atoms with Gasteiger partial charge in [-0.25, -0.2) is 4.39 Å². The minimum atomic E-state index is -0.763. The highest BCUT2D eigenvalue weighted by molar-refractivity contribution is 5.96. The second kappa shape index (κ2) is 4.66. The molecule has 1 amide bonds. The third-order valence-corrected chi connectivity index (χ3v) is 3.47. The van der Waals surface area contributed by atoms with Crippen LogP contribution in [0.15, 0.2) is 18.2 Å². The number of benzene rings is 1. The summed E-state index contributed by atoms with van der Waals surface area (Å²) in [7, 11) is 0. The van der Waals surface area contributed by atoms with E-state index in [1.165, 1.54) is 6.07 Å². The summed E-state index contributed by atoms with van der Waals surface area (Å²) in [5, 5.41) is 2.68. The molecule has 2 rings (SSSR count). The van der Waals surface area contributed by atoms with Gasteiger partial charge in [-0.05, 0) is 31.5 Å². The van der Waals surface area contributed by atoms with Gasteiger partial charge in [-0.15, -0.1) is 0 Å². The number of nitrogens with one attached hydrogen (secondary N) is 1. The Hall–Kier alpha value is -1.46. The molecular weight excluding hydrogens is 235 g/mol. The SMILES string of the molecule is Cc1ccc(NC(=O)C2(C)COCC2N)cc1F. The number of carbonyl (C=O) groups is 1. The minimum absolute atomic E-state index is 0.240. The van der Waals surface area contributed by atoms with E-state index in [0.29, 0.717) is 17.9 Å². The fourth-order valence-electron chi connectivity index (χ4n) is 1.87. The molecule has 1 aliphatic heterocycles. The number of halogens is 1. The van der Waals surface area contributed by atoms with Crippen LogP contribution in [0.5, 0.6) is 0 Å². The lowest BCUT2D eigenvalue weighted by Crippen LogP contribution is -2.47. The highest BCUT2D eigenvalue weighted by Crippen LogP contribution is 2.28. The van der Waals surface area contributed by atoms with E-state index in [9.17, 15) is 9.18 Å². The average Bonchev–Trinajstić information content (AvgIpc) is 2.66. The van der Waals surface area contributed by atoms with Gasteiger partial charge in [0.25, 0.3) is 0 Å². The number of carbonyl (C=O) groups excluding carboxylic acids is 1. The summed E-state index contributed by atoms with van der Waals surface area (Å²) < 4.78 is 18.6. The van der Waals surface area contributed by atoms with Crippen LogP contribution in [-0.4, -0.2) is 25.2 Å². The van der Waals surface area contributed by atoms with Crippen molar-refractivity contribution in [1.29, 1.82) is 0 Å². The Bertz CT molecular complexity index is 478. The van der Waals surface area contributed by atoms with Gasteiger partial charge in [-0.2, -0.15) is 0 Å². The Balaban J connectivity index is 2.14. The number of hydrogen-bond donors (Lipinski definition) is 2. The molecule has 0 saturated carbocycles. The predicted octanol–water partition coefficient (Wildman–Crippen LogP) is 1.44. The van der Waals surface area contributed by atoms with Crippen LogP contribution in [0.2, 0.25) is 0 Å². The molecule has 18 heavy (non-hydrogen) atoms. The molecule has 0 bridgehead atoms. The molecule has 1 aromatic carbocycles. The molecule has 0 spiro atoms. The molecule has 1 fully saturated rings. The smallest absolute Gasteiger partial charge is 0.234 e. The molecule has 2 atom stereocenters. The van der Waals surface area contributed by atoms with Gasteiger partial charge in [-0.1, -0.05) is 6.07 Å². The second-order valence-electron chi connectivity index (χ2n) is 4.96. The first kappa shape index (κ1) is 13.0. The van der Waals surface area contributed by atoms with Crippen molar-refractivity contribution in [1.82, 2.24) is 0 Å². The Kier molecular flexibility index (Phi) is 3.36. The van der Waals surface area contributed by atoms with E-state index in [1.807, 2.05) is 0 Å². The predicted molar refractivity (Wildman–Crippen MR) is 66.7 cm³/mol. The van der Waals surface area contributed by atoms with E-state index in [0.717, 1.165) is 0 Å². The van der Waals surface area contributed by atoms with E-state index < -0.39 is 5.41 Å². The summed E-state index contributed by atoms with van der Waals surface area (Å²) in [4.78, 5) is 12.1. The van der Waals surface area contributed by atoms with Crippen molar-refractivity contribution in [3.63, 3.8) is 0 Å². The first-order valence-corrected chi connectivity index (χ1v) is 5.84. The van der Waals surface area contributed by atoms with Crippen LogP contribution in [0.25, 0.3) is 0 Å². The van der Waals surface area contributed by atoms with Gasteiger partial charge in [0.15, 0.2) is 0 Å². The maximum atomic E-state index is 13.4. The Morgan fingerprint density at radius 2 is 2.33 bits per heavy atom. The van der Waals surface area contributed by atoms with Crippen LogP contribution < -0.4 is 11.1 Å². The average molecular weight is 252 g/mol. The fourth-order valence-corrected chi connectivity index (χ4v) is 1.87. The molecule has 0 aromatic heterocycles. The number of rotatable bonds is 2. The van der Waals surface area contributed by atoms with Crippen molar-refractivity contribution in [2.45, 2.75) is 19.9 Å². The van der Waals surface area contributed by atoms with Crippen LogP contribution in [0.4, 0.5) is 10.1 Å². The molecule has 1 saturated heterocycles. The summed E-state index contributed by atoms with van der Waals surface area (Å²) in [6.45, 7) is 4.08. The van der Waals surface area contributed by atoms with Crippen LogP contribution in [0, 0.1) is 18.2 Å². The van der Waals surface area contributed by atoms with Crippen molar-refractivity contribution in [3.8, 4) is 0 Å². The second-order valence-corrected chi connectivity index (χ2v) is 4.96. The normalized spacial score (nSPS) is 27.2. The zero-order valence-corrected chi connectivity index (χ0v) is 10.5. The largest absolute Gasteiger partial charge is 0.379 e. The number of anilines is 1. The lowest BCUT2D eigenvalue weighted by molar-refractivity contribution is -0.125. The summed E-state index contributed by atoms with van der Waals surface area (Å²) in [6, 6.07) is 4.25. The molecule has 2 unspecified atom stereocenters. The van der Waals surface area contributed by atoms with Crippen molar-refractivity contribution in [2.24, 2.45) is 11.1 Å². The highest BCUT2D eigenvalue weighted by Gasteiger charge is 2.44. The van der Waals surface area contributed by atoms with E-state index in [4.69, 9.17) is 10.5 Å². The van der Waals surface area contributed by atoms with Crippen LogP contribution in [0.1, 0.15) is 12.5 Å². The molecule has 0 aliphatic carbocycles. The van der Waals surface area contributed by atoms with Crippen molar-refractivity contribution in [3.05, 3.63) is 29.6 Å². The first-order valence-electron chi connectivity index (χ1n) is 5.84. The monoisotopic (exact) mass is 252 g/mol. The van der Waals surface area contributed by atoms with Crippen molar-refractivity contribution >= 4 is 11.6 Å². The Morgan fingerprint density at radius 1 is 1.61 bits per heavy atom. The third-order valence-electron chi connectivity index (χ3n) is 3.47. The summed E-state index contributed by atoms with van der Waals surface area (Å²) in [5.41, 5.74) is 6.07. The summed E-state index contributed by atoms with van der Waals surface area (Å²) in [6.07, 6.45) is 0. The number of amides is 1. The first-order chi connectivity index (χ1) is 8.43. The van der Waals surface area contributed by atoms with Crippen LogP contribution >= 0.6 is 0 Å². The van der Waals surface area contributed by atoms with Gasteiger partial charge < -0.3 is 15.8 Å². The molecule has 1 aliphatic rings. The molecule has 98 valence electrons. The topological polar surface area (TPSA) is 64.3 Å². The molecule has 4 nitrogen and oxygen atoms in total. The van der Waals surface area contributed by atoms with Gasteiger partial charge in [0.1, 0.15) is 5.82 Å². The Labute approximate surface area is 105 Å². The van der Waals surface area contributed by atoms with Crippen molar-refractivity contribution in [2.75, 3.05) is 18.5 Å². The van der Waals surface area contributed by atoms with Gasteiger partial charge in [0.2, 0.25) is 5.91 Å². The van der Waals surface area contributed by atoms with Crippen molar-refractivity contribution < 1.29 is 13.9 Å². The molecule has 1 heterocycles. The van der Waals surface area contributed by atoms with Gasteiger partial charge in [-0.3, -0.25) is 4.79 Å². The van der Waals surface area contributed by atoms with Gasteiger partial charge in [0.05, 0.1) is 18.6 Å². The molecule has 1 aromatic rings. The molecule has 5 heteroatoms. The number of aryl methyl sites for hydroxylation is 1. The molecule has 0 radical (unpaired) electrons. The van der Waals surface area contributed by atoms with E-state index in [2.05, 4.69) is 5.32 Å². The Morgan fingerprint density at radius 3 is 2.89 bits per heavy atom. The van der Waals surface area contributed by atoms with E-state index in [-0.39, 0.29) is 24.4 Å². The lowest BCUT2D eigenvalue weighted by Gasteiger charge is -2.25. The highest BCUT2D eigenvalue weighted by atomic mass is 19.1. The minimum Gasteiger partial charge on any atom is -0.379 e. The maximum absolute atomic E-state index is 13.4. The number of ether oxygens (including phenoxy) is 1. The maximum Gasteiger partial charge on any atom is 0.234 e. The third kappa shape index (κ3) is 2.23. The van der Waals surface area contributed by atoms with E-state index >= 15 is 0 Å². The lowest BCUT2D eigenvalue weighted by atomic mass is 9.85. The quantitative estimate of drug-likeness (QED) is 0.837. The zero-order chi connectivity index (χ0) is 13.3. The summed E-state index contributed by atoms with van der Waals surface area (Å²) >= 11 is 0. The molecular formula is C13H17FN2O2. The van der Waals surface area contributed by atoms with Gasteiger partial charge >= 0.3 is 0 Å². The van der Waals surface area contributed by atoms with E-state index in [1.54, 1.807) is 26.0 Å². The van der Waals surface area contributed by atoms with Crippen LogP contribution in [-0.2, 0) is 9.53 Å². The zero-order valence-electron chi connectivity index (χ0n) is 10.5. The standard InChI is InChI=1S/C13H17FN2O2/c1-8-3-4-9(5-10(8)14)16-12(17)13(2)7-18-6-11(13)15/h3-5,11H,6-7,15H2,1-2H3,(H,16,17).